The highest BCUT2D eigenvalue weighted by Gasteiger charge is 2.40. The molecule has 0 unspecified atom stereocenters. The highest BCUT2D eigenvalue weighted by Crippen LogP contribution is 2.27. The Kier molecular flexibility index (Phi) is 3.67. The predicted octanol–water partition coefficient (Wildman–Crippen LogP) is 0.852. The number of carbonyl (C=O) groups is 3. The Labute approximate surface area is 115 Å². The lowest BCUT2D eigenvalue weighted by molar-refractivity contribution is -0.163. The molecule has 0 radical (unpaired) electrons. The Balaban J connectivity index is 2.37. The van der Waals surface area contributed by atoms with E-state index >= 15 is 0 Å². The number of carbonyl (C=O) groups excluding carboxylic acids is 3. The van der Waals surface area contributed by atoms with Crippen molar-refractivity contribution >= 4 is 17.8 Å². The monoisotopic (exact) mass is 275 g/mol. The van der Waals surface area contributed by atoms with Gasteiger partial charge < -0.3 is 9.94 Å². The zero-order valence-electron chi connectivity index (χ0n) is 10.9. The molecule has 0 fully saturated rings. The van der Waals surface area contributed by atoms with Gasteiger partial charge in [0.15, 0.2) is 0 Å². The second-order valence-corrected chi connectivity index (χ2v) is 4.38. The third-order valence-electron chi connectivity index (χ3n) is 2.87. The molecule has 1 N–H and O–H groups in total. The molecule has 1 heterocycles. The van der Waals surface area contributed by atoms with Crippen molar-refractivity contribution in [3.63, 3.8) is 0 Å². The molecule has 2 rings (SSSR count). The van der Waals surface area contributed by atoms with Gasteiger partial charge in [-0.3, -0.25) is 9.59 Å². The van der Waals surface area contributed by atoms with Gasteiger partial charge in [0.25, 0.3) is 11.8 Å². The minimum absolute atomic E-state index is 0.0807. The van der Waals surface area contributed by atoms with Gasteiger partial charge in [-0.2, -0.15) is 0 Å². The van der Waals surface area contributed by atoms with Crippen LogP contribution in [-0.2, 0) is 16.1 Å². The molecular weight excluding hydrogens is 262 g/mol. The zero-order valence-corrected chi connectivity index (χ0v) is 10.9. The molecule has 1 aromatic rings. The second kappa shape index (κ2) is 5.26. The van der Waals surface area contributed by atoms with Gasteiger partial charge in [0, 0.05) is 12.2 Å². The number of benzene rings is 1. The summed E-state index contributed by atoms with van der Waals surface area (Å²) in [7, 11) is 0. The van der Waals surface area contributed by atoms with Crippen LogP contribution >= 0.6 is 0 Å². The number of aliphatic hydroxyl groups excluding tert-OH is 1. The van der Waals surface area contributed by atoms with Crippen molar-refractivity contribution in [3.8, 4) is 0 Å². The number of hydroxylamine groups is 2. The minimum Gasteiger partial charge on any atom is -0.396 e. The molecular formula is C14H13NO5. The molecule has 6 heteroatoms. The fourth-order valence-electron chi connectivity index (χ4n) is 1.91. The molecule has 0 spiro atoms. The first-order valence-electron chi connectivity index (χ1n) is 5.96. The number of hydrogen-bond donors (Lipinski definition) is 1. The molecule has 2 amide bonds. The van der Waals surface area contributed by atoms with E-state index in [4.69, 9.17) is 9.94 Å². The molecule has 1 aliphatic rings. The quantitative estimate of drug-likeness (QED) is 0.650. The second-order valence-electron chi connectivity index (χ2n) is 4.38. The van der Waals surface area contributed by atoms with E-state index in [1.165, 1.54) is 13.0 Å². The summed E-state index contributed by atoms with van der Waals surface area (Å²) in [5, 5.41) is 9.41. The molecule has 0 aliphatic carbocycles. The summed E-state index contributed by atoms with van der Waals surface area (Å²) >= 11 is 0. The lowest BCUT2D eigenvalue weighted by Gasteiger charge is -2.12. The summed E-state index contributed by atoms with van der Waals surface area (Å²) in [5.74, 6) is -2.24. The van der Waals surface area contributed by atoms with Gasteiger partial charge in [0.2, 0.25) is 0 Å². The van der Waals surface area contributed by atoms with Crippen molar-refractivity contribution in [3.05, 3.63) is 47.0 Å². The predicted molar refractivity (Wildman–Crippen MR) is 68.6 cm³/mol. The summed E-state index contributed by atoms with van der Waals surface area (Å²) in [6, 6.07) is 4.73. The van der Waals surface area contributed by atoms with Crippen LogP contribution in [0, 0.1) is 0 Å². The number of aliphatic hydroxyl groups is 1. The standard InChI is InChI=1S/C14H13NO5/c1-8(2)14(19)20-15-12(17)10-5-3-4-9(6-7-16)11(10)13(15)18/h3-5,16H,1,6-7H2,2H3. The molecule has 6 nitrogen and oxygen atoms in total. The van der Waals surface area contributed by atoms with Crippen LogP contribution in [0.2, 0.25) is 0 Å². The first-order valence-corrected chi connectivity index (χ1v) is 5.96. The number of imide groups is 1. The van der Waals surface area contributed by atoms with Gasteiger partial charge in [0.1, 0.15) is 0 Å². The van der Waals surface area contributed by atoms with Gasteiger partial charge in [-0.1, -0.05) is 23.8 Å². The number of rotatable bonds is 4. The summed E-state index contributed by atoms with van der Waals surface area (Å²) < 4.78 is 0. The van der Waals surface area contributed by atoms with E-state index in [1.54, 1.807) is 12.1 Å². The number of hydrogen-bond acceptors (Lipinski definition) is 5. The highest BCUT2D eigenvalue weighted by atomic mass is 16.7. The Bertz CT molecular complexity index is 620. The molecule has 0 saturated heterocycles. The van der Waals surface area contributed by atoms with Crippen LogP contribution < -0.4 is 0 Å². The van der Waals surface area contributed by atoms with Crippen molar-refractivity contribution in [1.82, 2.24) is 5.06 Å². The normalized spacial score (nSPS) is 13.4. The van der Waals surface area contributed by atoms with E-state index in [0.717, 1.165) is 0 Å². The summed E-state index contributed by atoms with van der Waals surface area (Å²) in [5.41, 5.74) is 0.950. The maximum absolute atomic E-state index is 12.2. The number of amides is 2. The summed E-state index contributed by atoms with van der Waals surface area (Å²) in [6.07, 6.45) is 0.241. The molecule has 0 aromatic heterocycles. The van der Waals surface area contributed by atoms with Gasteiger partial charge in [-0.25, -0.2) is 4.79 Å². The molecule has 1 aliphatic heterocycles. The van der Waals surface area contributed by atoms with E-state index in [0.29, 0.717) is 10.6 Å². The van der Waals surface area contributed by atoms with Crippen LogP contribution in [0.25, 0.3) is 0 Å². The molecule has 20 heavy (non-hydrogen) atoms. The van der Waals surface area contributed by atoms with Crippen LogP contribution in [0.4, 0.5) is 0 Å². The molecule has 0 atom stereocenters. The third kappa shape index (κ3) is 2.21. The first-order chi connectivity index (χ1) is 9.47. The Morgan fingerprint density at radius 1 is 1.35 bits per heavy atom. The minimum atomic E-state index is -0.844. The Hall–Kier alpha value is -2.47. The summed E-state index contributed by atoms with van der Waals surface area (Å²) in [6.45, 7) is 4.65. The van der Waals surface area contributed by atoms with Crippen molar-refractivity contribution in [2.75, 3.05) is 6.61 Å². The lowest BCUT2D eigenvalue weighted by atomic mass is 10.0. The number of nitrogens with zero attached hydrogens (tertiary/aromatic N) is 1. The van der Waals surface area contributed by atoms with Crippen LogP contribution in [0.15, 0.2) is 30.4 Å². The van der Waals surface area contributed by atoms with Crippen molar-refractivity contribution in [2.24, 2.45) is 0 Å². The SMILES string of the molecule is C=C(C)C(=O)ON1C(=O)c2cccc(CCO)c2C1=O. The molecule has 0 saturated carbocycles. The van der Waals surface area contributed by atoms with E-state index in [9.17, 15) is 14.4 Å². The van der Waals surface area contributed by atoms with E-state index in [-0.39, 0.29) is 29.7 Å². The average molecular weight is 275 g/mol. The van der Waals surface area contributed by atoms with Crippen molar-refractivity contribution < 1.29 is 24.3 Å². The fraction of sp³-hybridized carbons (Fsp3) is 0.214. The molecule has 1 aromatic carbocycles. The van der Waals surface area contributed by atoms with Crippen LogP contribution in [0.1, 0.15) is 33.2 Å². The summed E-state index contributed by atoms with van der Waals surface area (Å²) in [4.78, 5) is 40.4. The molecule has 104 valence electrons. The Morgan fingerprint density at radius 3 is 2.65 bits per heavy atom. The van der Waals surface area contributed by atoms with Gasteiger partial charge in [0.05, 0.1) is 11.1 Å². The van der Waals surface area contributed by atoms with Crippen LogP contribution in [0.3, 0.4) is 0 Å². The lowest BCUT2D eigenvalue weighted by Crippen LogP contribution is -2.33. The van der Waals surface area contributed by atoms with Crippen LogP contribution in [-0.4, -0.2) is 34.6 Å². The number of fused-ring (bicyclic) bond motifs is 1. The maximum atomic E-state index is 12.2. The van der Waals surface area contributed by atoms with Gasteiger partial charge in [-0.05, 0) is 25.0 Å². The van der Waals surface area contributed by atoms with Crippen molar-refractivity contribution in [2.45, 2.75) is 13.3 Å². The Morgan fingerprint density at radius 2 is 2.05 bits per heavy atom. The largest absolute Gasteiger partial charge is 0.396 e. The van der Waals surface area contributed by atoms with E-state index in [1.807, 2.05) is 0 Å². The van der Waals surface area contributed by atoms with E-state index < -0.39 is 17.8 Å². The zero-order chi connectivity index (χ0) is 14.9. The van der Waals surface area contributed by atoms with Crippen LogP contribution in [0.5, 0.6) is 0 Å². The average Bonchev–Trinajstić information content (AvgIpc) is 2.65. The van der Waals surface area contributed by atoms with E-state index in [2.05, 4.69) is 6.58 Å². The topological polar surface area (TPSA) is 83.9 Å². The third-order valence-corrected chi connectivity index (χ3v) is 2.87. The smallest absolute Gasteiger partial charge is 0.359 e. The molecule has 0 bridgehead atoms. The maximum Gasteiger partial charge on any atom is 0.359 e. The van der Waals surface area contributed by atoms with Crippen molar-refractivity contribution in [1.29, 1.82) is 0 Å². The fourth-order valence-corrected chi connectivity index (χ4v) is 1.91. The van der Waals surface area contributed by atoms with Gasteiger partial charge >= 0.3 is 5.97 Å². The first kappa shape index (κ1) is 14.0. The van der Waals surface area contributed by atoms with Gasteiger partial charge in [-0.15, -0.1) is 0 Å². The highest BCUT2D eigenvalue weighted by molar-refractivity contribution is 6.21.